The van der Waals surface area contributed by atoms with Gasteiger partial charge in [0.05, 0.1) is 6.10 Å². The molecule has 66 valence electrons. The molecule has 0 radical (unpaired) electrons. The molecular weight excluding hydrogens is 143 g/mol. The molecule has 0 bridgehead atoms. The fourth-order valence-corrected chi connectivity index (χ4v) is 1.86. The second-order valence-electron chi connectivity index (χ2n) is 3.93. The highest BCUT2D eigenvalue weighted by Gasteiger charge is 2.41. The molecule has 0 saturated heterocycles. The molecule has 0 amide bonds. The van der Waals surface area contributed by atoms with Gasteiger partial charge < -0.3 is 5.11 Å². The second-order valence-corrected chi connectivity index (χ2v) is 3.93. The molecule has 1 rings (SSSR count). The van der Waals surface area contributed by atoms with Crippen LogP contribution >= 0.6 is 0 Å². The van der Waals surface area contributed by atoms with Gasteiger partial charge in [0, 0.05) is 0 Å². The van der Waals surface area contributed by atoms with E-state index in [1.807, 2.05) is 13.8 Å². The maximum atomic E-state index is 13.7. The molecule has 0 aromatic carbocycles. The van der Waals surface area contributed by atoms with Crippen molar-refractivity contribution in [1.29, 1.82) is 0 Å². The molecule has 0 aromatic rings. The minimum atomic E-state index is -1.27. The van der Waals surface area contributed by atoms with E-state index in [0.29, 0.717) is 12.8 Å². The number of aliphatic hydroxyl groups excluding tert-OH is 1. The quantitative estimate of drug-likeness (QED) is 0.657. The molecule has 0 heterocycles. The van der Waals surface area contributed by atoms with Crippen molar-refractivity contribution in [2.45, 2.75) is 51.3 Å². The summed E-state index contributed by atoms with van der Waals surface area (Å²) in [6.07, 6.45) is 2.20. The first-order valence-electron chi connectivity index (χ1n) is 4.43. The Hall–Kier alpha value is -0.110. The van der Waals surface area contributed by atoms with Crippen LogP contribution in [0.25, 0.3) is 0 Å². The highest BCUT2D eigenvalue weighted by Crippen LogP contribution is 2.38. The Labute approximate surface area is 67.6 Å². The lowest BCUT2D eigenvalue weighted by Crippen LogP contribution is -2.38. The van der Waals surface area contributed by atoms with E-state index < -0.39 is 11.8 Å². The zero-order valence-corrected chi connectivity index (χ0v) is 7.31. The van der Waals surface area contributed by atoms with Crippen LogP contribution in [0, 0.1) is 5.92 Å². The van der Waals surface area contributed by atoms with E-state index in [1.165, 1.54) is 0 Å². The van der Waals surface area contributed by atoms with Gasteiger partial charge in [0.2, 0.25) is 0 Å². The number of hydrogen-bond donors (Lipinski definition) is 1. The van der Waals surface area contributed by atoms with Crippen LogP contribution in [0.3, 0.4) is 0 Å². The summed E-state index contributed by atoms with van der Waals surface area (Å²) < 4.78 is 13.7. The van der Waals surface area contributed by atoms with Gasteiger partial charge in [-0.25, -0.2) is 4.39 Å². The topological polar surface area (TPSA) is 20.2 Å². The molecule has 11 heavy (non-hydrogen) atoms. The number of hydrogen-bond acceptors (Lipinski definition) is 1. The molecule has 1 nitrogen and oxygen atoms in total. The van der Waals surface area contributed by atoms with E-state index in [1.54, 1.807) is 0 Å². The fourth-order valence-electron chi connectivity index (χ4n) is 1.86. The normalized spacial score (nSPS) is 25.9. The molecule has 1 aliphatic rings. The van der Waals surface area contributed by atoms with Gasteiger partial charge in [-0.2, -0.15) is 0 Å². The van der Waals surface area contributed by atoms with Crippen LogP contribution in [0.1, 0.15) is 39.5 Å². The van der Waals surface area contributed by atoms with Crippen LogP contribution in [-0.4, -0.2) is 16.9 Å². The Balaban J connectivity index is 2.56. The third-order valence-electron chi connectivity index (χ3n) is 2.60. The van der Waals surface area contributed by atoms with Gasteiger partial charge in [-0.05, 0) is 18.8 Å². The Kier molecular flexibility index (Phi) is 2.53. The summed E-state index contributed by atoms with van der Waals surface area (Å²) >= 11 is 0. The summed E-state index contributed by atoms with van der Waals surface area (Å²) in [7, 11) is 0. The smallest absolute Gasteiger partial charge is 0.137 e. The van der Waals surface area contributed by atoms with E-state index in [0.717, 1.165) is 12.8 Å². The van der Waals surface area contributed by atoms with Crippen LogP contribution in [-0.2, 0) is 0 Å². The van der Waals surface area contributed by atoms with Gasteiger partial charge in [0.25, 0.3) is 0 Å². The minimum Gasteiger partial charge on any atom is -0.390 e. The van der Waals surface area contributed by atoms with Crippen LogP contribution in [0.2, 0.25) is 0 Å². The highest BCUT2D eigenvalue weighted by atomic mass is 19.1. The lowest BCUT2D eigenvalue weighted by Gasteiger charge is -2.28. The molecule has 0 spiro atoms. The number of rotatable bonds is 2. The molecule has 0 aliphatic heterocycles. The molecule has 1 saturated carbocycles. The van der Waals surface area contributed by atoms with Crippen molar-refractivity contribution >= 4 is 0 Å². The van der Waals surface area contributed by atoms with Crippen LogP contribution in [0.5, 0.6) is 0 Å². The second kappa shape index (κ2) is 3.10. The maximum Gasteiger partial charge on any atom is 0.137 e. The van der Waals surface area contributed by atoms with Crippen molar-refractivity contribution in [3.8, 4) is 0 Å². The van der Waals surface area contributed by atoms with Crippen molar-refractivity contribution in [2.24, 2.45) is 5.92 Å². The van der Waals surface area contributed by atoms with Crippen molar-refractivity contribution < 1.29 is 9.50 Å². The number of aliphatic hydroxyl groups is 1. The molecule has 2 heteroatoms. The molecule has 1 aliphatic carbocycles. The lowest BCUT2D eigenvalue weighted by atomic mass is 9.89. The van der Waals surface area contributed by atoms with Gasteiger partial charge in [0.15, 0.2) is 0 Å². The van der Waals surface area contributed by atoms with E-state index >= 15 is 0 Å². The summed E-state index contributed by atoms with van der Waals surface area (Å²) in [6.45, 7) is 3.73. The van der Waals surface area contributed by atoms with E-state index in [4.69, 9.17) is 0 Å². The first-order chi connectivity index (χ1) is 5.06. The third-order valence-corrected chi connectivity index (χ3v) is 2.60. The summed E-state index contributed by atoms with van der Waals surface area (Å²) in [6, 6.07) is 0. The molecule has 0 aromatic heterocycles. The fraction of sp³-hybridized carbons (Fsp3) is 1.00. The first kappa shape index (κ1) is 8.98. The van der Waals surface area contributed by atoms with Gasteiger partial charge >= 0.3 is 0 Å². The van der Waals surface area contributed by atoms with Gasteiger partial charge in [-0.1, -0.05) is 26.7 Å². The summed E-state index contributed by atoms with van der Waals surface area (Å²) in [4.78, 5) is 0. The standard InChI is InChI=1S/C9H17FO/c1-7(2)8(11)9(10)5-3-4-6-9/h7-8,11H,3-6H2,1-2H3. The van der Waals surface area contributed by atoms with Gasteiger partial charge in [-0.15, -0.1) is 0 Å². The lowest BCUT2D eigenvalue weighted by molar-refractivity contribution is -0.0319. The Morgan fingerprint density at radius 1 is 1.27 bits per heavy atom. The third kappa shape index (κ3) is 1.73. The maximum absolute atomic E-state index is 13.7. The van der Waals surface area contributed by atoms with Crippen LogP contribution in [0.4, 0.5) is 4.39 Å². The molecule has 1 atom stereocenters. The van der Waals surface area contributed by atoms with Crippen LogP contribution < -0.4 is 0 Å². The SMILES string of the molecule is CC(C)C(O)C1(F)CCCC1. The van der Waals surface area contributed by atoms with Crippen molar-refractivity contribution in [2.75, 3.05) is 0 Å². The highest BCUT2D eigenvalue weighted by molar-refractivity contribution is 4.92. The Bertz CT molecular complexity index is 128. The first-order valence-corrected chi connectivity index (χ1v) is 4.43. The number of alkyl halides is 1. The van der Waals surface area contributed by atoms with Crippen molar-refractivity contribution in [1.82, 2.24) is 0 Å². The molecule has 1 N–H and O–H groups in total. The molecule has 1 fully saturated rings. The zero-order valence-electron chi connectivity index (χ0n) is 7.31. The largest absolute Gasteiger partial charge is 0.390 e. The molecule has 1 unspecified atom stereocenters. The average molecular weight is 160 g/mol. The summed E-state index contributed by atoms with van der Waals surface area (Å²) in [5, 5.41) is 9.51. The minimum absolute atomic E-state index is 0.0399. The van der Waals surface area contributed by atoms with Gasteiger partial charge in [0.1, 0.15) is 5.67 Å². The van der Waals surface area contributed by atoms with E-state index in [2.05, 4.69) is 0 Å². The van der Waals surface area contributed by atoms with Crippen molar-refractivity contribution in [3.05, 3.63) is 0 Å². The number of halogens is 1. The van der Waals surface area contributed by atoms with Gasteiger partial charge in [-0.3, -0.25) is 0 Å². The van der Waals surface area contributed by atoms with E-state index in [9.17, 15) is 9.50 Å². The van der Waals surface area contributed by atoms with E-state index in [-0.39, 0.29) is 5.92 Å². The summed E-state index contributed by atoms with van der Waals surface area (Å²) in [5.74, 6) is 0.0399. The zero-order chi connectivity index (χ0) is 8.48. The van der Waals surface area contributed by atoms with Crippen molar-refractivity contribution in [3.63, 3.8) is 0 Å². The summed E-state index contributed by atoms with van der Waals surface area (Å²) in [5.41, 5.74) is -1.27. The Morgan fingerprint density at radius 2 is 1.73 bits per heavy atom. The Morgan fingerprint density at radius 3 is 2.09 bits per heavy atom. The average Bonchev–Trinajstić information content (AvgIpc) is 2.35. The monoisotopic (exact) mass is 160 g/mol. The predicted octanol–water partition coefficient (Wildman–Crippen LogP) is 2.29. The predicted molar refractivity (Wildman–Crippen MR) is 43.2 cm³/mol. The van der Waals surface area contributed by atoms with Crippen LogP contribution in [0.15, 0.2) is 0 Å². The molecular formula is C9H17FO.